The van der Waals surface area contributed by atoms with Gasteiger partial charge in [-0.2, -0.15) is 5.10 Å². The van der Waals surface area contributed by atoms with Crippen LogP contribution in [-0.2, 0) is 6.42 Å². The van der Waals surface area contributed by atoms with Crippen LogP contribution in [0.3, 0.4) is 0 Å². The quantitative estimate of drug-likeness (QED) is 0.725. The highest BCUT2D eigenvalue weighted by atomic mass is 16.5. The first-order valence-electron chi connectivity index (χ1n) is 7.92. The Balaban J connectivity index is 1.56. The van der Waals surface area contributed by atoms with Crippen LogP contribution >= 0.6 is 0 Å². The molecule has 0 saturated heterocycles. The first-order chi connectivity index (χ1) is 12.2. The van der Waals surface area contributed by atoms with Gasteiger partial charge in [-0.3, -0.25) is 4.79 Å². The number of aromatic nitrogens is 2. The third-order valence-electron chi connectivity index (χ3n) is 3.78. The van der Waals surface area contributed by atoms with Gasteiger partial charge in [0.15, 0.2) is 0 Å². The van der Waals surface area contributed by atoms with E-state index in [-0.39, 0.29) is 17.2 Å². The van der Waals surface area contributed by atoms with Crippen molar-refractivity contribution in [1.82, 2.24) is 15.1 Å². The fraction of sp³-hybridized carbons (Fsp3) is 0.158. The second-order valence-electron chi connectivity index (χ2n) is 5.48. The maximum Gasteiger partial charge on any atom is 0.255 e. The Kier molecular flexibility index (Phi) is 4.99. The number of methoxy groups -OCH3 is 1. The van der Waals surface area contributed by atoms with E-state index in [9.17, 15) is 9.90 Å². The summed E-state index contributed by atoms with van der Waals surface area (Å²) in [4.78, 5) is 12.1. The Morgan fingerprint density at radius 3 is 2.72 bits per heavy atom. The number of carbonyl (C=O) groups excluding carboxylic acids is 1. The lowest BCUT2D eigenvalue weighted by Crippen LogP contribution is -2.25. The minimum Gasteiger partial charge on any atom is -0.507 e. The van der Waals surface area contributed by atoms with Gasteiger partial charge in [0.25, 0.3) is 5.91 Å². The molecule has 6 nitrogen and oxygen atoms in total. The molecular weight excluding hydrogens is 318 g/mol. The second-order valence-corrected chi connectivity index (χ2v) is 5.48. The van der Waals surface area contributed by atoms with Crippen molar-refractivity contribution in [3.05, 3.63) is 72.1 Å². The molecule has 2 aromatic carbocycles. The minimum atomic E-state index is -0.331. The predicted molar refractivity (Wildman–Crippen MR) is 94.3 cm³/mol. The van der Waals surface area contributed by atoms with Gasteiger partial charge in [-0.25, -0.2) is 4.68 Å². The van der Waals surface area contributed by atoms with Gasteiger partial charge in [0.1, 0.15) is 11.5 Å². The van der Waals surface area contributed by atoms with E-state index < -0.39 is 0 Å². The molecule has 3 aromatic rings. The van der Waals surface area contributed by atoms with E-state index >= 15 is 0 Å². The maximum atomic E-state index is 12.1. The number of benzene rings is 2. The fourth-order valence-electron chi connectivity index (χ4n) is 2.45. The van der Waals surface area contributed by atoms with Crippen molar-refractivity contribution in [1.29, 1.82) is 0 Å². The maximum absolute atomic E-state index is 12.1. The molecule has 1 heterocycles. The number of nitrogens with one attached hydrogen (secondary N) is 1. The van der Waals surface area contributed by atoms with E-state index in [0.29, 0.717) is 18.7 Å². The molecule has 128 valence electrons. The van der Waals surface area contributed by atoms with Crippen molar-refractivity contribution in [2.75, 3.05) is 13.7 Å². The molecule has 1 aromatic heterocycles. The third kappa shape index (κ3) is 3.98. The van der Waals surface area contributed by atoms with Crippen LogP contribution < -0.4 is 10.1 Å². The molecule has 0 bridgehead atoms. The van der Waals surface area contributed by atoms with Crippen LogP contribution in [-0.4, -0.2) is 34.4 Å². The molecule has 25 heavy (non-hydrogen) atoms. The molecule has 0 aliphatic heterocycles. The number of phenols is 1. The Hall–Kier alpha value is -3.28. The van der Waals surface area contributed by atoms with Crippen molar-refractivity contribution >= 4 is 5.91 Å². The first kappa shape index (κ1) is 16.6. The standard InChI is InChI=1S/C19H19N3O3/c1-25-16-7-8-17(18(23)13-16)19(24)20-11-9-14-10-12-22(21-14)15-5-3-2-4-6-15/h2-8,10,12-13,23H,9,11H2,1H3,(H,20,24). The SMILES string of the molecule is COc1ccc(C(=O)NCCc2ccn(-c3ccccc3)n2)c(O)c1. The Labute approximate surface area is 145 Å². The second kappa shape index (κ2) is 7.53. The van der Waals surface area contributed by atoms with Gasteiger partial charge in [-0.05, 0) is 30.3 Å². The molecule has 0 radical (unpaired) electrons. The molecule has 6 heteroatoms. The average molecular weight is 337 g/mol. The molecule has 0 unspecified atom stereocenters. The highest BCUT2D eigenvalue weighted by Crippen LogP contribution is 2.23. The normalized spacial score (nSPS) is 10.4. The zero-order valence-corrected chi connectivity index (χ0v) is 13.8. The predicted octanol–water partition coefficient (Wildman–Crippen LogP) is 2.56. The number of phenolic OH excluding ortho intramolecular Hbond substituents is 1. The Bertz CT molecular complexity index is 859. The van der Waals surface area contributed by atoms with Crippen molar-refractivity contribution in [2.45, 2.75) is 6.42 Å². The number of rotatable bonds is 6. The molecule has 0 aliphatic carbocycles. The highest BCUT2D eigenvalue weighted by molar-refractivity contribution is 5.96. The highest BCUT2D eigenvalue weighted by Gasteiger charge is 2.11. The number of ether oxygens (including phenoxy) is 1. The zero-order valence-electron chi connectivity index (χ0n) is 13.8. The van der Waals surface area contributed by atoms with Gasteiger partial charge in [0, 0.05) is 25.2 Å². The van der Waals surface area contributed by atoms with Crippen LogP contribution in [0, 0.1) is 0 Å². The van der Waals surface area contributed by atoms with Crippen LogP contribution in [0.5, 0.6) is 11.5 Å². The lowest BCUT2D eigenvalue weighted by atomic mass is 10.1. The van der Waals surface area contributed by atoms with Gasteiger partial charge in [-0.1, -0.05) is 18.2 Å². The van der Waals surface area contributed by atoms with E-state index in [1.54, 1.807) is 10.7 Å². The fourth-order valence-corrected chi connectivity index (χ4v) is 2.45. The van der Waals surface area contributed by atoms with Crippen LogP contribution in [0.4, 0.5) is 0 Å². The molecule has 2 N–H and O–H groups in total. The summed E-state index contributed by atoms with van der Waals surface area (Å²) < 4.78 is 6.80. The summed E-state index contributed by atoms with van der Waals surface area (Å²) in [6, 6.07) is 16.3. The molecule has 0 saturated carbocycles. The summed E-state index contributed by atoms with van der Waals surface area (Å²) in [5.74, 6) is 0.0633. The lowest BCUT2D eigenvalue weighted by molar-refractivity contribution is 0.0951. The topological polar surface area (TPSA) is 76.4 Å². The molecule has 3 rings (SSSR count). The third-order valence-corrected chi connectivity index (χ3v) is 3.78. The monoisotopic (exact) mass is 337 g/mol. The molecule has 0 aliphatic rings. The number of amides is 1. The zero-order chi connectivity index (χ0) is 17.6. The summed E-state index contributed by atoms with van der Waals surface area (Å²) in [6.07, 6.45) is 2.49. The summed E-state index contributed by atoms with van der Waals surface area (Å²) in [5.41, 5.74) is 2.08. The molecule has 0 fully saturated rings. The minimum absolute atomic E-state index is 0.106. The first-order valence-corrected chi connectivity index (χ1v) is 7.92. The summed E-state index contributed by atoms with van der Waals surface area (Å²) >= 11 is 0. The van der Waals surface area contributed by atoms with Crippen LogP contribution in [0.25, 0.3) is 5.69 Å². The number of aromatic hydroxyl groups is 1. The number of para-hydroxylation sites is 1. The van der Waals surface area contributed by atoms with Crippen LogP contribution in [0.1, 0.15) is 16.1 Å². The van der Waals surface area contributed by atoms with Gasteiger partial charge in [0.05, 0.1) is 24.1 Å². The van der Waals surface area contributed by atoms with Crippen molar-refractivity contribution in [3.63, 3.8) is 0 Å². The largest absolute Gasteiger partial charge is 0.507 e. The molecule has 0 spiro atoms. The van der Waals surface area contributed by atoms with E-state index in [0.717, 1.165) is 11.4 Å². The van der Waals surface area contributed by atoms with Crippen molar-refractivity contribution < 1.29 is 14.6 Å². The number of hydrogen-bond acceptors (Lipinski definition) is 4. The Morgan fingerprint density at radius 2 is 2.00 bits per heavy atom. The number of carbonyl (C=O) groups is 1. The number of hydrogen-bond donors (Lipinski definition) is 2. The summed E-state index contributed by atoms with van der Waals surface area (Å²) in [7, 11) is 1.50. The molecule has 1 amide bonds. The summed E-state index contributed by atoms with van der Waals surface area (Å²) in [6.45, 7) is 0.427. The molecular formula is C19H19N3O3. The van der Waals surface area contributed by atoms with Crippen molar-refractivity contribution in [2.24, 2.45) is 0 Å². The van der Waals surface area contributed by atoms with Crippen LogP contribution in [0.2, 0.25) is 0 Å². The van der Waals surface area contributed by atoms with Gasteiger partial charge < -0.3 is 15.2 Å². The van der Waals surface area contributed by atoms with Gasteiger partial charge in [-0.15, -0.1) is 0 Å². The van der Waals surface area contributed by atoms with E-state index in [4.69, 9.17) is 4.74 Å². The van der Waals surface area contributed by atoms with Crippen molar-refractivity contribution in [3.8, 4) is 17.2 Å². The summed E-state index contributed by atoms with van der Waals surface area (Å²) in [5, 5.41) is 17.2. The van der Waals surface area contributed by atoms with E-state index in [1.807, 2.05) is 42.6 Å². The van der Waals surface area contributed by atoms with Gasteiger partial charge in [0.2, 0.25) is 0 Å². The van der Waals surface area contributed by atoms with E-state index in [2.05, 4.69) is 10.4 Å². The average Bonchev–Trinajstić information content (AvgIpc) is 3.11. The number of nitrogens with zero attached hydrogens (tertiary/aromatic N) is 2. The smallest absolute Gasteiger partial charge is 0.255 e. The van der Waals surface area contributed by atoms with Gasteiger partial charge >= 0.3 is 0 Å². The molecule has 0 atom stereocenters. The lowest BCUT2D eigenvalue weighted by Gasteiger charge is -2.07. The van der Waals surface area contributed by atoms with Crippen LogP contribution in [0.15, 0.2) is 60.8 Å². The Morgan fingerprint density at radius 1 is 1.20 bits per heavy atom. The van der Waals surface area contributed by atoms with E-state index in [1.165, 1.54) is 19.2 Å².